The van der Waals surface area contributed by atoms with Gasteiger partial charge < -0.3 is 10.1 Å². The lowest BCUT2D eigenvalue weighted by Crippen LogP contribution is -2.27. The third-order valence-electron chi connectivity index (χ3n) is 3.37. The Hall–Kier alpha value is -1.87. The van der Waals surface area contributed by atoms with E-state index in [1.165, 1.54) is 11.6 Å². The number of ether oxygens (including phenoxy) is 1. The fourth-order valence-corrected chi connectivity index (χ4v) is 2.27. The standard InChI is InChI=1S/C18H22FNO/c1-3-20-14(2)12-15-8-10-17(11-9-15)21-13-16-6-4-5-7-18(16)19/h4-11,14,20H,3,12-13H2,1-2H3. The lowest BCUT2D eigenvalue weighted by Gasteiger charge is -2.13. The Labute approximate surface area is 126 Å². The highest BCUT2D eigenvalue weighted by Crippen LogP contribution is 2.16. The summed E-state index contributed by atoms with van der Waals surface area (Å²) in [5.74, 6) is 0.534. The van der Waals surface area contributed by atoms with Crippen LogP contribution in [0.5, 0.6) is 5.75 Å². The molecule has 0 heterocycles. The van der Waals surface area contributed by atoms with Crippen LogP contribution < -0.4 is 10.1 Å². The van der Waals surface area contributed by atoms with Gasteiger partial charge in [-0.3, -0.25) is 0 Å². The van der Waals surface area contributed by atoms with Crippen LogP contribution in [-0.4, -0.2) is 12.6 Å². The number of likely N-dealkylation sites (N-methyl/N-ethyl adjacent to an activating group) is 1. The van der Waals surface area contributed by atoms with E-state index in [2.05, 4.69) is 31.3 Å². The molecule has 0 aliphatic carbocycles. The topological polar surface area (TPSA) is 21.3 Å². The van der Waals surface area contributed by atoms with Crippen LogP contribution in [0.2, 0.25) is 0 Å². The van der Waals surface area contributed by atoms with Crippen molar-refractivity contribution in [3.63, 3.8) is 0 Å². The van der Waals surface area contributed by atoms with E-state index in [-0.39, 0.29) is 12.4 Å². The molecule has 2 rings (SSSR count). The minimum absolute atomic E-state index is 0.228. The molecule has 112 valence electrons. The maximum Gasteiger partial charge on any atom is 0.129 e. The molecule has 2 aromatic carbocycles. The molecule has 0 saturated carbocycles. The van der Waals surface area contributed by atoms with Crippen LogP contribution in [-0.2, 0) is 13.0 Å². The highest BCUT2D eigenvalue weighted by Gasteiger charge is 2.04. The zero-order valence-electron chi connectivity index (χ0n) is 12.6. The number of rotatable bonds is 7. The van der Waals surface area contributed by atoms with Gasteiger partial charge in [0.1, 0.15) is 18.2 Å². The van der Waals surface area contributed by atoms with E-state index >= 15 is 0 Å². The van der Waals surface area contributed by atoms with Crippen molar-refractivity contribution in [3.05, 3.63) is 65.5 Å². The monoisotopic (exact) mass is 287 g/mol. The molecule has 0 aliphatic rings. The summed E-state index contributed by atoms with van der Waals surface area (Å²) in [7, 11) is 0. The minimum Gasteiger partial charge on any atom is -0.489 e. The van der Waals surface area contributed by atoms with Gasteiger partial charge in [-0.25, -0.2) is 4.39 Å². The lowest BCUT2D eigenvalue weighted by molar-refractivity contribution is 0.299. The smallest absolute Gasteiger partial charge is 0.129 e. The quantitative estimate of drug-likeness (QED) is 0.832. The summed E-state index contributed by atoms with van der Waals surface area (Å²) >= 11 is 0. The molecular weight excluding hydrogens is 265 g/mol. The predicted molar refractivity (Wildman–Crippen MR) is 84.0 cm³/mol. The summed E-state index contributed by atoms with van der Waals surface area (Å²) in [5.41, 5.74) is 1.84. The van der Waals surface area contributed by atoms with Crippen LogP contribution in [0.1, 0.15) is 25.0 Å². The van der Waals surface area contributed by atoms with Gasteiger partial charge in [0.05, 0.1) is 0 Å². The van der Waals surface area contributed by atoms with Gasteiger partial charge in [-0.15, -0.1) is 0 Å². The molecule has 0 bridgehead atoms. The molecule has 0 fully saturated rings. The van der Waals surface area contributed by atoms with Crippen LogP contribution in [0.15, 0.2) is 48.5 Å². The number of hydrogen-bond acceptors (Lipinski definition) is 2. The fourth-order valence-electron chi connectivity index (χ4n) is 2.27. The van der Waals surface area contributed by atoms with Crippen molar-refractivity contribution in [2.24, 2.45) is 0 Å². The van der Waals surface area contributed by atoms with Gasteiger partial charge >= 0.3 is 0 Å². The van der Waals surface area contributed by atoms with Crippen molar-refractivity contribution >= 4 is 0 Å². The van der Waals surface area contributed by atoms with Crippen molar-refractivity contribution in [2.75, 3.05) is 6.54 Å². The van der Waals surface area contributed by atoms with Crippen LogP contribution in [0.25, 0.3) is 0 Å². The molecule has 2 nitrogen and oxygen atoms in total. The van der Waals surface area contributed by atoms with Gasteiger partial charge in [-0.05, 0) is 43.7 Å². The Morgan fingerprint density at radius 2 is 1.81 bits per heavy atom. The first kappa shape index (κ1) is 15.5. The summed E-state index contributed by atoms with van der Waals surface area (Å²) in [6.45, 7) is 5.51. The van der Waals surface area contributed by atoms with Gasteiger partial charge in [0.15, 0.2) is 0 Å². The van der Waals surface area contributed by atoms with Crippen LogP contribution in [0, 0.1) is 5.82 Å². The third kappa shape index (κ3) is 4.87. The number of hydrogen-bond donors (Lipinski definition) is 1. The SMILES string of the molecule is CCNC(C)Cc1ccc(OCc2ccccc2F)cc1. The Balaban J connectivity index is 1.89. The molecular formula is C18H22FNO. The van der Waals surface area contributed by atoms with E-state index in [9.17, 15) is 4.39 Å². The largest absolute Gasteiger partial charge is 0.489 e. The lowest BCUT2D eigenvalue weighted by atomic mass is 10.1. The first-order chi connectivity index (χ1) is 10.2. The Morgan fingerprint density at radius 3 is 2.48 bits per heavy atom. The molecule has 0 saturated heterocycles. The minimum atomic E-state index is -0.228. The fraction of sp³-hybridized carbons (Fsp3) is 0.333. The summed E-state index contributed by atoms with van der Waals surface area (Å²) in [6, 6.07) is 15.1. The summed E-state index contributed by atoms with van der Waals surface area (Å²) in [5, 5.41) is 3.39. The summed E-state index contributed by atoms with van der Waals surface area (Å²) in [4.78, 5) is 0. The Kier molecular flexibility index (Phi) is 5.76. The van der Waals surface area contributed by atoms with E-state index in [0.29, 0.717) is 11.6 Å². The van der Waals surface area contributed by atoms with Crippen LogP contribution in [0.3, 0.4) is 0 Å². The van der Waals surface area contributed by atoms with Gasteiger partial charge in [-0.2, -0.15) is 0 Å². The van der Waals surface area contributed by atoms with E-state index in [1.54, 1.807) is 12.1 Å². The van der Waals surface area contributed by atoms with Gasteiger partial charge in [0.2, 0.25) is 0 Å². The van der Waals surface area contributed by atoms with Gasteiger partial charge in [0.25, 0.3) is 0 Å². The average Bonchev–Trinajstić information content (AvgIpc) is 2.48. The second-order valence-electron chi connectivity index (χ2n) is 5.19. The van der Waals surface area contributed by atoms with E-state index in [4.69, 9.17) is 4.74 Å². The Morgan fingerprint density at radius 1 is 1.10 bits per heavy atom. The average molecular weight is 287 g/mol. The highest BCUT2D eigenvalue weighted by molar-refractivity contribution is 5.28. The van der Waals surface area contributed by atoms with Crippen LogP contribution in [0.4, 0.5) is 4.39 Å². The molecule has 1 unspecified atom stereocenters. The maximum absolute atomic E-state index is 13.5. The second-order valence-corrected chi connectivity index (χ2v) is 5.19. The predicted octanol–water partition coefficient (Wildman–Crippen LogP) is 3.95. The maximum atomic E-state index is 13.5. The molecule has 21 heavy (non-hydrogen) atoms. The van der Waals surface area contributed by atoms with Crippen molar-refractivity contribution < 1.29 is 9.13 Å². The number of benzene rings is 2. The van der Waals surface area contributed by atoms with E-state index in [0.717, 1.165) is 18.7 Å². The van der Waals surface area contributed by atoms with E-state index < -0.39 is 0 Å². The van der Waals surface area contributed by atoms with Crippen molar-refractivity contribution in [1.29, 1.82) is 0 Å². The normalized spacial score (nSPS) is 12.1. The van der Waals surface area contributed by atoms with Crippen molar-refractivity contribution in [1.82, 2.24) is 5.32 Å². The third-order valence-corrected chi connectivity index (χ3v) is 3.37. The Bertz CT molecular complexity index is 553. The summed E-state index contributed by atoms with van der Waals surface area (Å²) in [6.07, 6.45) is 0.988. The summed E-state index contributed by atoms with van der Waals surface area (Å²) < 4.78 is 19.1. The highest BCUT2D eigenvalue weighted by atomic mass is 19.1. The first-order valence-corrected chi connectivity index (χ1v) is 7.37. The van der Waals surface area contributed by atoms with Gasteiger partial charge in [-0.1, -0.05) is 37.3 Å². The molecule has 3 heteroatoms. The van der Waals surface area contributed by atoms with E-state index in [1.807, 2.05) is 18.2 Å². The van der Waals surface area contributed by atoms with Crippen molar-refractivity contribution in [2.45, 2.75) is 32.9 Å². The van der Waals surface area contributed by atoms with Crippen molar-refractivity contribution in [3.8, 4) is 5.75 Å². The first-order valence-electron chi connectivity index (χ1n) is 7.37. The molecule has 0 radical (unpaired) electrons. The molecule has 1 atom stereocenters. The zero-order valence-corrected chi connectivity index (χ0v) is 12.6. The second kappa shape index (κ2) is 7.79. The molecule has 0 aliphatic heterocycles. The van der Waals surface area contributed by atoms with Crippen LogP contribution >= 0.6 is 0 Å². The molecule has 0 spiro atoms. The molecule has 0 amide bonds. The molecule has 0 aromatic heterocycles. The number of nitrogens with one attached hydrogen (secondary N) is 1. The zero-order chi connectivity index (χ0) is 15.1. The molecule has 1 N–H and O–H groups in total. The number of halogens is 1. The van der Waals surface area contributed by atoms with Gasteiger partial charge in [0, 0.05) is 11.6 Å². The molecule has 2 aromatic rings.